The first-order valence-electron chi connectivity index (χ1n) is 8.17. The van der Waals surface area contributed by atoms with Crippen LogP contribution in [0.3, 0.4) is 0 Å². The topological polar surface area (TPSA) is 87.7 Å². The predicted molar refractivity (Wildman–Crippen MR) is 93.3 cm³/mol. The molecule has 130 valence electrons. The van der Waals surface area contributed by atoms with Crippen LogP contribution in [0, 0.1) is 0 Å². The van der Waals surface area contributed by atoms with E-state index in [9.17, 15) is 4.79 Å². The number of fused-ring (bicyclic) bond motifs is 1. The number of hydrogen-bond donors (Lipinski definition) is 0. The van der Waals surface area contributed by atoms with Crippen molar-refractivity contribution in [3.05, 3.63) is 40.4 Å². The number of tetrazole rings is 1. The summed E-state index contributed by atoms with van der Waals surface area (Å²) >= 11 is 1.47. The molecule has 0 saturated carbocycles. The molecule has 0 spiro atoms. The van der Waals surface area contributed by atoms with Gasteiger partial charge >= 0.3 is 0 Å². The predicted octanol–water partition coefficient (Wildman–Crippen LogP) is 1.39. The van der Waals surface area contributed by atoms with Gasteiger partial charge in [-0.25, -0.2) is 9.67 Å². The molecule has 0 bridgehead atoms. The second-order valence-corrected chi connectivity index (χ2v) is 6.92. The second kappa shape index (κ2) is 6.93. The van der Waals surface area contributed by atoms with Crippen molar-refractivity contribution in [2.24, 2.45) is 7.05 Å². The first-order chi connectivity index (χ1) is 12.2. The molecule has 1 atom stereocenters. The zero-order chi connectivity index (χ0) is 17.2. The lowest BCUT2D eigenvalue weighted by Crippen LogP contribution is -2.22. The number of benzene rings is 1. The molecule has 3 aromatic rings. The third kappa shape index (κ3) is 3.29. The Balaban J connectivity index is 1.54. The van der Waals surface area contributed by atoms with Gasteiger partial charge in [0.15, 0.2) is 0 Å². The molecule has 1 unspecified atom stereocenters. The lowest BCUT2D eigenvalue weighted by Gasteiger charge is -2.11. The summed E-state index contributed by atoms with van der Waals surface area (Å²) in [7, 11) is 1.74. The standard InChI is InChI=1S/C16H18N6O2S/c1-21-14(17-13-7-3-2-6-12(13)15(21)23)10-25-16-18-19-20-22(16)9-11-5-4-8-24-11/h2-3,6-7,11H,4-5,8-10H2,1H3. The first kappa shape index (κ1) is 16.2. The largest absolute Gasteiger partial charge is 0.376 e. The lowest BCUT2D eigenvalue weighted by molar-refractivity contribution is 0.0912. The number of para-hydroxylation sites is 1. The van der Waals surface area contributed by atoms with Crippen molar-refractivity contribution in [2.45, 2.75) is 36.4 Å². The van der Waals surface area contributed by atoms with Crippen LogP contribution in [0.25, 0.3) is 10.9 Å². The number of hydrogen-bond acceptors (Lipinski definition) is 7. The summed E-state index contributed by atoms with van der Waals surface area (Å²) in [5.74, 6) is 1.21. The van der Waals surface area contributed by atoms with Crippen LogP contribution in [0.15, 0.2) is 34.2 Å². The summed E-state index contributed by atoms with van der Waals surface area (Å²) in [6, 6.07) is 7.38. The molecule has 0 amide bonds. The molecule has 1 aliphatic heterocycles. The molecule has 0 radical (unpaired) electrons. The van der Waals surface area contributed by atoms with Crippen molar-refractivity contribution in [1.29, 1.82) is 0 Å². The molecule has 8 nitrogen and oxygen atoms in total. The van der Waals surface area contributed by atoms with Crippen molar-refractivity contribution < 1.29 is 4.74 Å². The highest BCUT2D eigenvalue weighted by Gasteiger charge is 2.19. The fourth-order valence-corrected chi connectivity index (χ4v) is 3.79. The van der Waals surface area contributed by atoms with Crippen LogP contribution in [-0.4, -0.2) is 42.5 Å². The fourth-order valence-electron chi connectivity index (χ4n) is 2.92. The van der Waals surface area contributed by atoms with E-state index in [4.69, 9.17) is 4.74 Å². The molecule has 9 heteroatoms. The Hall–Kier alpha value is -2.26. The van der Waals surface area contributed by atoms with E-state index in [2.05, 4.69) is 20.5 Å². The first-order valence-corrected chi connectivity index (χ1v) is 9.16. The minimum Gasteiger partial charge on any atom is -0.376 e. The molecular weight excluding hydrogens is 340 g/mol. The monoisotopic (exact) mass is 358 g/mol. The maximum atomic E-state index is 12.5. The van der Waals surface area contributed by atoms with Crippen molar-refractivity contribution >= 4 is 22.7 Å². The lowest BCUT2D eigenvalue weighted by atomic mass is 10.2. The summed E-state index contributed by atoms with van der Waals surface area (Å²) in [5, 5.41) is 13.2. The second-order valence-electron chi connectivity index (χ2n) is 5.98. The Kier molecular flexibility index (Phi) is 4.50. The maximum Gasteiger partial charge on any atom is 0.261 e. The molecule has 0 aliphatic carbocycles. The van der Waals surface area contributed by atoms with E-state index in [0.717, 1.165) is 19.4 Å². The Morgan fingerprint density at radius 3 is 3.08 bits per heavy atom. The average Bonchev–Trinajstić information content (AvgIpc) is 3.29. The summed E-state index contributed by atoms with van der Waals surface area (Å²) < 4.78 is 8.99. The number of thioether (sulfide) groups is 1. The highest BCUT2D eigenvalue weighted by atomic mass is 32.2. The van der Waals surface area contributed by atoms with E-state index in [1.807, 2.05) is 18.2 Å². The van der Waals surface area contributed by atoms with Gasteiger partial charge in [-0.2, -0.15) is 0 Å². The SMILES string of the molecule is Cn1c(CSc2nnnn2CC2CCCO2)nc2ccccc2c1=O. The van der Waals surface area contributed by atoms with Crippen molar-refractivity contribution in [1.82, 2.24) is 29.8 Å². The van der Waals surface area contributed by atoms with Crippen LogP contribution >= 0.6 is 11.8 Å². The zero-order valence-electron chi connectivity index (χ0n) is 13.8. The van der Waals surface area contributed by atoms with Gasteiger partial charge in [0.05, 0.1) is 29.3 Å². The minimum absolute atomic E-state index is 0.0415. The average molecular weight is 358 g/mol. The van der Waals surface area contributed by atoms with Gasteiger partial charge in [-0.1, -0.05) is 23.9 Å². The van der Waals surface area contributed by atoms with Gasteiger partial charge in [-0.05, 0) is 35.4 Å². The van der Waals surface area contributed by atoms with Crippen molar-refractivity contribution in [3.63, 3.8) is 0 Å². The Bertz CT molecular complexity index is 947. The van der Waals surface area contributed by atoms with Gasteiger partial charge in [-0.3, -0.25) is 9.36 Å². The van der Waals surface area contributed by atoms with Crippen LogP contribution in [0.2, 0.25) is 0 Å². The smallest absolute Gasteiger partial charge is 0.261 e. The highest BCUT2D eigenvalue weighted by Crippen LogP contribution is 2.21. The summed E-state index contributed by atoms with van der Waals surface area (Å²) in [4.78, 5) is 17.1. The Labute approximate surface area is 148 Å². The Morgan fingerprint density at radius 1 is 1.36 bits per heavy atom. The van der Waals surface area contributed by atoms with E-state index in [-0.39, 0.29) is 11.7 Å². The molecule has 1 aliphatic rings. The summed E-state index contributed by atoms with van der Waals surface area (Å²) in [5.41, 5.74) is 0.667. The third-order valence-corrected chi connectivity index (χ3v) is 5.26. The van der Waals surface area contributed by atoms with E-state index in [1.54, 1.807) is 22.4 Å². The zero-order valence-corrected chi connectivity index (χ0v) is 14.6. The molecule has 0 N–H and O–H groups in total. The number of rotatable bonds is 5. The highest BCUT2D eigenvalue weighted by molar-refractivity contribution is 7.98. The van der Waals surface area contributed by atoms with Crippen LogP contribution in [0.5, 0.6) is 0 Å². The summed E-state index contributed by atoms with van der Waals surface area (Å²) in [6.45, 7) is 1.46. The van der Waals surface area contributed by atoms with Crippen LogP contribution < -0.4 is 5.56 Å². The Morgan fingerprint density at radius 2 is 2.24 bits per heavy atom. The van der Waals surface area contributed by atoms with Gasteiger partial charge in [0, 0.05) is 13.7 Å². The number of ether oxygens (including phenoxy) is 1. The fraction of sp³-hybridized carbons (Fsp3) is 0.438. The minimum atomic E-state index is -0.0415. The number of nitrogens with zero attached hydrogens (tertiary/aromatic N) is 6. The van der Waals surface area contributed by atoms with Gasteiger partial charge in [0.2, 0.25) is 5.16 Å². The van der Waals surface area contributed by atoms with Crippen LogP contribution in [-0.2, 0) is 24.1 Å². The molecule has 25 heavy (non-hydrogen) atoms. The van der Waals surface area contributed by atoms with Gasteiger partial charge in [-0.15, -0.1) is 5.10 Å². The summed E-state index contributed by atoms with van der Waals surface area (Å²) in [6.07, 6.45) is 2.29. The normalized spacial score (nSPS) is 17.4. The maximum absolute atomic E-state index is 12.5. The van der Waals surface area contributed by atoms with Gasteiger partial charge in [0.1, 0.15) is 5.82 Å². The van der Waals surface area contributed by atoms with Crippen molar-refractivity contribution in [3.8, 4) is 0 Å². The molecule has 1 aromatic carbocycles. The molecular formula is C16H18N6O2S. The molecule has 2 aromatic heterocycles. The quantitative estimate of drug-likeness (QED) is 0.637. The van der Waals surface area contributed by atoms with Crippen molar-refractivity contribution in [2.75, 3.05) is 6.61 Å². The molecule has 1 fully saturated rings. The molecule has 4 rings (SSSR count). The van der Waals surface area contributed by atoms with E-state index in [1.165, 1.54) is 11.8 Å². The van der Waals surface area contributed by atoms with Crippen LogP contribution in [0.1, 0.15) is 18.7 Å². The van der Waals surface area contributed by atoms with Gasteiger partial charge in [0.25, 0.3) is 5.56 Å². The van der Waals surface area contributed by atoms with Gasteiger partial charge < -0.3 is 4.74 Å². The van der Waals surface area contributed by atoms with E-state index < -0.39 is 0 Å². The van der Waals surface area contributed by atoms with E-state index >= 15 is 0 Å². The molecule has 3 heterocycles. The number of aromatic nitrogens is 6. The van der Waals surface area contributed by atoms with Crippen LogP contribution in [0.4, 0.5) is 0 Å². The van der Waals surface area contributed by atoms with E-state index in [0.29, 0.717) is 34.2 Å². The third-order valence-electron chi connectivity index (χ3n) is 4.31. The molecule has 1 saturated heterocycles.